The van der Waals surface area contributed by atoms with Gasteiger partial charge in [-0.15, -0.1) is 18.8 Å². The van der Waals surface area contributed by atoms with Crippen LogP contribution in [-0.4, -0.2) is 17.9 Å². The standard InChI is InChI=1S/C22H24O3/c1-6-8-9-17(5)21(7-2)25-22(24)15-18-10-12-19(13-11-18)20(23)14-16(3)4/h1-2,9-13,16,21H,8,14-15H2,3-5H3. The van der Waals surface area contributed by atoms with Crippen LogP contribution in [0.4, 0.5) is 0 Å². The highest BCUT2D eigenvalue weighted by Gasteiger charge is 2.14. The average Bonchev–Trinajstić information content (AvgIpc) is 2.57. The number of carbonyl (C=O) groups is 2. The summed E-state index contributed by atoms with van der Waals surface area (Å²) in [6.45, 7) is 5.79. The number of ketones is 1. The van der Waals surface area contributed by atoms with Gasteiger partial charge in [-0.2, -0.15) is 0 Å². The third kappa shape index (κ3) is 7.10. The zero-order valence-corrected chi connectivity index (χ0v) is 15.0. The second-order valence-corrected chi connectivity index (χ2v) is 6.29. The van der Waals surface area contributed by atoms with Gasteiger partial charge in [0.05, 0.1) is 6.42 Å². The van der Waals surface area contributed by atoms with Gasteiger partial charge in [0.2, 0.25) is 0 Å². The van der Waals surface area contributed by atoms with E-state index >= 15 is 0 Å². The Kier molecular flexibility index (Phi) is 8.24. The maximum Gasteiger partial charge on any atom is 0.311 e. The van der Waals surface area contributed by atoms with Crippen LogP contribution in [0.5, 0.6) is 0 Å². The molecule has 25 heavy (non-hydrogen) atoms. The number of carbonyl (C=O) groups excluding carboxylic acids is 2. The first-order valence-corrected chi connectivity index (χ1v) is 8.25. The summed E-state index contributed by atoms with van der Waals surface area (Å²) >= 11 is 0. The molecular weight excluding hydrogens is 312 g/mol. The van der Waals surface area contributed by atoms with Crippen LogP contribution in [0.15, 0.2) is 35.9 Å². The van der Waals surface area contributed by atoms with E-state index in [-0.39, 0.29) is 12.2 Å². The molecular formula is C22H24O3. The van der Waals surface area contributed by atoms with Gasteiger partial charge >= 0.3 is 5.97 Å². The van der Waals surface area contributed by atoms with Crippen molar-refractivity contribution in [3.63, 3.8) is 0 Å². The average molecular weight is 336 g/mol. The second-order valence-electron chi connectivity index (χ2n) is 6.29. The highest BCUT2D eigenvalue weighted by molar-refractivity contribution is 5.96. The fraction of sp³-hybridized carbons (Fsp3) is 0.364. The Balaban J connectivity index is 2.67. The summed E-state index contributed by atoms with van der Waals surface area (Å²) in [4.78, 5) is 24.1. The molecule has 130 valence electrons. The Labute approximate surface area is 150 Å². The highest BCUT2D eigenvalue weighted by atomic mass is 16.5. The topological polar surface area (TPSA) is 43.4 Å². The Hall–Kier alpha value is -2.78. The van der Waals surface area contributed by atoms with Crippen molar-refractivity contribution in [2.24, 2.45) is 5.92 Å². The number of rotatable bonds is 8. The summed E-state index contributed by atoms with van der Waals surface area (Å²) in [6, 6.07) is 7.01. The molecule has 0 N–H and O–H groups in total. The number of ether oxygens (including phenoxy) is 1. The van der Waals surface area contributed by atoms with Gasteiger partial charge in [0.25, 0.3) is 0 Å². The van der Waals surface area contributed by atoms with Gasteiger partial charge in [0, 0.05) is 18.4 Å². The first-order chi connectivity index (χ1) is 11.9. The van der Waals surface area contributed by atoms with E-state index in [9.17, 15) is 9.59 Å². The van der Waals surface area contributed by atoms with Crippen LogP contribution in [0, 0.1) is 30.6 Å². The predicted octanol–water partition coefficient (Wildman–Crippen LogP) is 3.97. The predicted molar refractivity (Wildman–Crippen MR) is 99.9 cm³/mol. The Morgan fingerprint density at radius 3 is 2.36 bits per heavy atom. The molecule has 1 atom stereocenters. The first-order valence-electron chi connectivity index (χ1n) is 8.25. The molecule has 0 spiro atoms. The lowest BCUT2D eigenvalue weighted by molar-refractivity contribution is -0.144. The van der Waals surface area contributed by atoms with Crippen LogP contribution >= 0.6 is 0 Å². The lowest BCUT2D eigenvalue weighted by atomic mass is 10.00. The van der Waals surface area contributed by atoms with E-state index in [4.69, 9.17) is 17.6 Å². The molecule has 0 aliphatic rings. The molecule has 1 rings (SSSR count). The number of allylic oxidation sites excluding steroid dienone is 1. The second kappa shape index (κ2) is 10.2. The zero-order valence-electron chi connectivity index (χ0n) is 15.0. The molecule has 3 nitrogen and oxygen atoms in total. The van der Waals surface area contributed by atoms with E-state index in [1.54, 1.807) is 37.3 Å². The van der Waals surface area contributed by atoms with Gasteiger partial charge in [-0.1, -0.05) is 50.1 Å². The third-order valence-electron chi connectivity index (χ3n) is 3.57. The minimum absolute atomic E-state index is 0.0965. The third-order valence-corrected chi connectivity index (χ3v) is 3.57. The maximum absolute atomic E-state index is 12.1. The van der Waals surface area contributed by atoms with Crippen LogP contribution in [0.2, 0.25) is 0 Å². The Morgan fingerprint density at radius 2 is 1.84 bits per heavy atom. The molecule has 1 aromatic rings. The van der Waals surface area contributed by atoms with Gasteiger partial charge in [0.15, 0.2) is 11.9 Å². The van der Waals surface area contributed by atoms with Crippen LogP contribution < -0.4 is 0 Å². The summed E-state index contributed by atoms with van der Waals surface area (Å²) in [5, 5.41) is 0. The van der Waals surface area contributed by atoms with Crippen molar-refractivity contribution in [3.8, 4) is 24.7 Å². The van der Waals surface area contributed by atoms with Crippen LogP contribution in [-0.2, 0) is 16.0 Å². The zero-order chi connectivity index (χ0) is 18.8. The molecule has 0 bridgehead atoms. The number of Topliss-reactive ketones (excluding diaryl/α,β-unsaturated/α-hetero) is 1. The number of hydrogen-bond donors (Lipinski definition) is 0. The molecule has 0 aromatic heterocycles. The van der Waals surface area contributed by atoms with E-state index < -0.39 is 12.1 Å². The van der Waals surface area contributed by atoms with E-state index in [1.165, 1.54) is 0 Å². The van der Waals surface area contributed by atoms with Crippen LogP contribution in [0.3, 0.4) is 0 Å². The summed E-state index contributed by atoms with van der Waals surface area (Å²) in [7, 11) is 0. The fourth-order valence-corrected chi connectivity index (χ4v) is 2.22. The monoisotopic (exact) mass is 336 g/mol. The van der Waals surface area contributed by atoms with Gasteiger partial charge in [-0.05, 0) is 24.0 Å². The van der Waals surface area contributed by atoms with Crippen LogP contribution in [0.1, 0.15) is 49.5 Å². The lowest BCUT2D eigenvalue weighted by Crippen LogP contribution is -2.19. The quantitative estimate of drug-likeness (QED) is 0.312. The smallest absolute Gasteiger partial charge is 0.311 e. The normalized spacial score (nSPS) is 12.2. The number of hydrogen-bond acceptors (Lipinski definition) is 3. The lowest BCUT2D eigenvalue weighted by Gasteiger charge is -2.13. The first kappa shape index (κ1) is 20.3. The van der Waals surface area contributed by atoms with E-state index in [0.29, 0.717) is 24.3 Å². The van der Waals surface area contributed by atoms with E-state index in [1.807, 2.05) is 13.8 Å². The SMILES string of the molecule is C#CCC=C(C)C(C#C)OC(=O)Cc1ccc(C(=O)CC(C)C)cc1. The molecule has 0 radical (unpaired) electrons. The number of terminal acetylenes is 2. The van der Waals surface area contributed by atoms with E-state index in [2.05, 4.69) is 11.8 Å². The molecule has 0 saturated heterocycles. The van der Waals surface area contributed by atoms with Crippen molar-refractivity contribution >= 4 is 11.8 Å². The Bertz CT molecular complexity index is 709. The molecule has 0 amide bonds. The molecule has 0 fully saturated rings. The summed E-state index contributed by atoms with van der Waals surface area (Å²) in [5.74, 6) is 4.93. The van der Waals surface area contributed by atoms with Gasteiger partial charge in [0.1, 0.15) is 0 Å². The fourth-order valence-electron chi connectivity index (χ4n) is 2.22. The minimum Gasteiger partial charge on any atom is -0.444 e. The molecule has 0 aliphatic carbocycles. The van der Waals surface area contributed by atoms with Crippen molar-refractivity contribution in [2.75, 3.05) is 0 Å². The molecule has 0 saturated carbocycles. The van der Waals surface area contributed by atoms with Crippen molar-refractivity contribution in [1.82, 2.24) is 0 Å². The van der Waals surface area contributed by atoms with E-state index in [0.717, 1.165) is 11.1 Å². The largest absolute Gasteiger partial charge is 0.444 e. The summed E-state index contributed by atoms with van der Waals surface area (Å²) < 4.78 is 5.31. The number of benzene rings is 1. The van der Waals surface area contributed by atoms with Crippen molar-refractivity contribution in [1.29, 1.82) is 0 Å². The maximum atomic E-state index is 12.1. The summed E-state index contributed by atoms with van der Waals surface area (Å²) in [5.41, 5.74) is 2.16. The van der Waals surface area contributed by atoms with Gasteiger partial charge in [-0.3, -0.25) is 9.59 Å². The van der Waals surface area contributed by atoms with Gasteiger partial charge in [-0.25, -0.2) is 0 Å². The van der Waals surface area contributed by atoms with Crippen molar-refractivity contribution < 1.29 is 14.3 Å². The minimum atomic E-state index is -0.715. The van der Waals surface area contributed by atoms with Crippen molar-refractivity contribution in [2.45, 2.75) is 46.1 Å². The Morgan fingerprint density at radius 1 is 1.20 bits per heavy atom. The highest BCUT2D eigenvalue weighted by Crippen LogP contribution is 2.13. The molecule has 0 heterocycles. The molecule has 1 aromatic carbocycles. The summed E-state index contributed by atoms with van der Waals surface area (Å²) in [6.07, 6.45) is 12.7. The van der Waals surface area contributed by atoms with Gasteiger partial charge < -0.3 is 4.74 Å². The number of esters is 1. The van der Waals surface area contributed by atoms with Crippen LogP contribution in [0.25, 0.3) is 0 Å². The molecule has 3 heteroatoms. The molecule has 0 aliphatic heterocycles. The van der Waals surface area contributed by atoms with Crippen molar-refractivity contribution in [3.05, 3.63) is 47.0 Å². The molecule has 1 unspecified atom stereocenters.